The first kappa shape index (κ1) is 19.1. The molecular weight excluding hydrogens is 442 g/mol. The van der Waals surface area contributed by atoms with Crippen LogP contribution in [0.25, 0.3) is 11.0 Å². The Bertz CT molecular complexity index is 878. The molecule has 2 heterocycles. The van der Waals surface area contributed by atoms with Gasteiger partial charge in [-0.15, -0.1) is 0 Å². The van der Waals surface area contributed by atoms with Crippen molar-refractivity contribution in [2.24, 2.45) is 0 Å². The van der Waals surface area contributed by atoms with Crippen molar-refractivity contribution in [2.45, 2.75) is 6.54 Å². The van der Waals surface area contributed by atoms with Gasteiger partial charge < -0.3 is 37.9 Å². The summed E-state index contributed by atoms with van der Waals surface area (Å²) in [6.45, 7) is 4.92. The monoisotopic (exact) mass is 466 g/mol. The van der Waals surface area contributed by atoms with Crippen LogP contribution in [0.15, 0.2) is 48.5 Å². The van der Waals surface area contributed by atoms with Crippen LogP contribution in [0.2, 0.25) is 0 Å². The molecule has 0 saturated carbocycles. The zero-order chi connectivity index (χ0) is 17.4. The van der Waals surface area contributed by atoms with Gasteiger partial charge in [-0.05, 0) is 29.8 Å². The lowest BCUT2D eigenvalue weighted by Crippen LogP contribution is -3.00. The molecule has 0 radical (unpaired) electrons. The zero-order valence-electron chi connectivity index (χ0n) is 15.2. The third kappa shape index (κ3) is 3.86. The van der Waals surface area contributed by atoms with Crippen LogP contribution >= 0.6 is 0 Å². The summed E-state index contributed by atoms with van der Waals surface area (Å²) < 4.78 is 16.5. The van der Waals surface area contributed by atoms with E-state index in [1.807, 2.05) is 24.3 Å². The highest BCUT2D eigenvalue weighted by Crippen LogP contribution is 2.25. The topological polar surface area (TPSA) is 21.1 Å². The first-order valence-corrected chi connectivity index (χ1v) is 8.78. The second-order valence-electron chi connectivity index (χ2n) is 7.48. The van der Waals surface area contributed by atoms with Gasteiger partial charge in [0.05, 0.1) is 57.9 Å². The number of hydrogen-bond donors (Lipinski definition) is 0. The Morgan fingerprint density at radius 3 is 2.35 bits per heavy atom. The van der Waals surface area contributed by atoms with Crippen molar-refractivity contribution >= 4 is 17.0 Å². The lowest BCUT2D eigenvalue weighted by Gasteiger charge is -2.39. The third-order valence-electron chi connectivity index (χ3n) is 5.12. The molecule has 1 saturated heterocycles. The Morgan fingerprint density at radius 1 is 1.00 bits per heavy atom. The van der Waals surface area contributed by atoms with Crippen LogP contribution in [-0.4, -0.2) is 54.3 Å². The number of aromatic nitrogens is 2. The minimum atomic E-state index is -0.199. The van der Waals surface area contributed by atoms with Crippen LogP contribution in [0.1, 0.15) is 5.56 Å². The van der Waals surface area contributed by atoms with Gasteiger partial charge in [-0.3, -0.25) is 0 Å². The maximum absolute atomic E-state index is 13.2. The Morgan fingerprint density at radius 2 is 1.65 bits per heavy atom. The van der Waals surface area contributed by atoms with Crippen molar-refractivity contribution in [3.63, 3.8) is 0 Å². The highest BCUT2D eigenvalue weighted by molar-refractivity contribution is 5.79. The number of quaternary nitrogens is 1. The van der Waals surface area contributed by atoms with Crippen molar-refractivity contribution in [3.05, 3.63) is 59.9 Å². The van der Waals surface area contributed by atoms with Gasteiger partial charge >= 0.3 is 0 Å². The van der Waals surface area contributed by atoms with Gasteiger partial charge in [0, 0.05) is 0 Å². The van der Waals surface area contributed by atoms with Gasteiger partial charge in [-0.1, -0.05) is 24.3 Å². The summed E-state index contributed by atoms with van der Waals surface area (Å²) in [5.41, 5.74) is 3.22. The molecule has 1 fully saturated rings. The second-order valence-corrected chi connectivity index (χ2v) is 7.48. The van der Waals surface area contributed by atoms with Gasteiger partial charge in [0.25, 0.3) is 0 Å². The predicted octanol–water partition coefficient (Wildman–Crippen LogP) is 0.124. The molecule has 0 bridgehead atoms. The van der Waals surface area contributed by atoms with E-state index >= 15 is 0 Å². The molecule has 138 valence electrons. The first-order valence-electron chi connectivity index (χ1n) is 8.78. The number of benzene rings is 2. The summed E-state index contributed by atoms with van der Waals surface area (Å²) in [7, 11) is 4.55. The van der Waals surface area contributed by atoms with Crippen LogP contribution in [0.4, 0.5) is 10.3 Å². The number of hydrogen-bond acceptors (Lipinski definition) is 2. The fraction of sp³-hybridized carbons (Fsp3) is 0.350. The van der Waals surface area contributed by atoms with Crippen molar-refractivity contribution in [2.75, 3.05) is 45.2 Å². The van der Waals surface area contributed by atoms with Crippen molar-refractivity contribution in [1.82, 2.24) is 9.55 Å². The first-order chi connectivity index (χ1) is 12.0. The molecule has 0 spiro atoms. The molecule has 0 N–H and O–H groups in total. The van der Waals surface area contributed by atoms with Crippen LogP contribution in [0, 0.1) is 5.82 Å². The number of fused-ring (bicyclic) bond motifs is 1. The lowest BCUT2D eigenvalue weighted by atomic mass is 10.2. The van der Waals surface area contributed by atoms with Crippen molar-refractivity contribution in [3.8, 4) is 0 Å². The molecule has 4 nitrogen and oxygen atoms in total. The number of para-hydroxylation sites is 2. The molecule has 1 aliphatic rings. The Kier molecular flexibility index (Phi) is 5.53. The molecule has 0 atom stereocenters. The molecule has 3 aromatic rings. The Hall–Kier alpha value is -1.67. The average molecular weight is 466 g/mol. The van der Waals surface area contributed by atoms with Crippen LogP contribution in [-0.2, 0) is 6.54 Å². The highest BCUT2D eigenvalue weighted by atomic mass is 127. The summed E-state index contributed by atoms with van der Waals surface area (Å²) in [4.78, 5) is 7.29. The predicted molar refractivity (Wildman–Crippen MR) is 99.3 cm³/mol. The largest absolute Gasteiger partial charge is 1.00 e. The van der Waals surface area contributed by atoms with Crippen LogP contribution < -0.4 is 28.9 Å². The van der Waals surface area contributed by atoms with Gasteiger partial charge in [-0.25, -0.2) is 9.37 Å². The third-order valence-corrected chi connectivity index (χ3v) is 5.12. The molecule has 4 rings (SSSR count). The van der Waals surface area contributed by atoms with E-state index in [0.717, 1.165) is 53.2 Å². The van der Waals surface area contributed by atoms with Gasteiger partial charge in [-0.2, -0.15) is 0 Å². The molecule has 2 aromatic carbocycles. The summed E-state index contributed by atoms with van der Waals surface area (Å²) in [6.07, 6.45) is 0. The molecular formula is C20H24FIN4. The second kappa shape index (κ2) is 7.52. The van der Waals surface area contributed by atoms with Crippen molar-refractivity contribution in [1.29, 1.82) is 0 Å². The lowest BCUT2D eigenvalue weighted by molar-refractivity contribution is -0.890. The van der Waals surface area contributed by atoms with E-state index in [9.17, 15) is 4.39 Å². The fourth-order valence-corrected chi connectivity index (χ4v) is 3.44. The number of nitrogens with zero attached hydrogens (tertiary/aromatic N) is 4. The molecule has 26 heavy (non-hydrogen) atoms. The average Bonchev–Trinajstić information content (AvgIpc) is 2.96. The van der Waals surface area contributed by atoms with E-state index in [4.69, 9.17) is 4.98 Å². The number of rotatable bonds is 3. The number of imidazole rings is 1. The Balaban J connectivity index is 0.00000196. The zero-order valence-corrected chi connectivity index (χ0v) is 17.4. The molecule has 0 unspecified atom stereocenters. The Labute approximate surface area is 170 Å². The number of halogens is 2. The maximum atomic E-state index is 13.2. The van der Waals surface area contributed by atoms with E-state index in [2.05, 4.69) is 35.7 Å². The van der Waals surface area contributed by atoms with E-state index in [0.29, 0.717) is 6.54 Å². The summed E-state index contributed by atoms with van der Waals surface area (Å²) in [5.74, 6) is 0.820. The van der Waals surface area contributed by atoms with Crippen LogP contribution in [0.3, 0.4) is 0 Å². The van der Waals surface area contributed by atoms with Gasteiger partial charge in [0.15, 0.2) is 0 Å². The minimum Gasteiger partial charge on any atom is -1.00 e. The molecule has 1 aromatic heterocycles. The van der Waals surface area contributed by atoms with Gasteiger partial charge in [0.2, 0.25) is 5.95 Å². The van der Waals surface area contributed by atoms with E-state index in [1.165, 1.54) is 12.1 Å². The highest BCUT2D eigenvalue weighted by Gasteiger charge is 2.27. The fourth-order valence-electron chi connectivity index (χ4n) is 3.44. The normalized spacial score (nSPS) is 16.5. The number of anilines is 1. The van der Waals surface area contributed by atoms with E-state index < -0.39 is 0 Å². The molecule has 1 aliphatic heterocycles. The van der Waals surface area contributed by atoms with Crippen molar-refractivity contribution < 1.29 is 32.9 Å². The number of likely N-dealkylation sites (N-methyl/N-ethyl adjacent to an activating group) is 1. The van der Waals surface area contributed by atoms with Crippen LogP contribution in [0.5, 0.6) is 0 Å². The van der Waals surface area contributed by atoms with E-state index in [-0.39, 0.29) is 29.8 Å². The minimum absolute atomic E-state index is 0. The molecule has 6 heteroatoms. The maximum Gasteiger partial charge on any atom is 0.207 e. The smallest absolute Gasteiger partial charge is 0.207 e. The molecule has 0 aliphatic carbocycles. The summed E-state index contributed by atoms with van der Waals surface area (Å²) in [5, 5.41) is 0. The SMILES string of the molecule is C[N+]1(C)CCN(c2nc3ccccc3n2Cc2ccc(F)cc2)CC1.[I-]. The number of piperazine rings is 1. The quantitative estimate of drug-likeness (QED) is 0.404. The van der Waals surface area contributed by atoms with Gasteiger partial charge in [0.1, 0.15) is 5.82 Å². The molecule has 0 amide bonds. The summed E-state index contributed by atoms with van der Waals surface area (Å²) >= 11 is 0. The summed E-state index contributed by atoms with van der Waals surface area (Å²) in [6, 6.07) is 15.0. The van der Waals surface area contributed by atoms with E-state index in [1.54, 1.807) is 0 Å². The standard InChI is InChI=1S/C20H24FN4.HI/c1-25(2)13-11-23(12-14-25)20-22-18-5-3-4-6-19(18)24(20)15-16-7-9-17(21)10-8-16;/h3-10H,11-15H2,1-2H3;1H/q+1;/p-1.